The lowest BCUT2D eigenvalue weighted by molar-refractivity contribution is -0.137. The maximum absolute atomic E-state index is 12.7. The second-order valence-corrected chi connectivity index (χ2v) is 7.31. The van der Waals surface area contributed by atoms with Crippen LogP contribution in [0.15, 0.2) is 29.4 Å². The molecule has 1 N–H and O–H groups in total. The van der Waals surface area contributed by atoms with Crippen LogP contribution in [0.3, 0.4) is 0 Å². The summed E-state index contributed by atoms with van der Waals surface area (Å²) in [5, 5.41) is 10.9. The number of nitrogens with one attached hydrogen (secondary N) is 1. The summed E-state index contributed by atoms with van der Waals surface area (Å²) in [6.07, 6.45) is -2.25. The van der Waals surface area contributed by atoms with Crippen LogP contribution < -0.4 is 5.32 Å². The standard InChI is InChI=1S/C16H17F3N4OS/c1-9(25-15-22-21-13(23(15)2)10-6-7-10)14(24)20-12-5-3-4-11(8-12)16(17,18)19/h3-5,8-10H,6-7H2,1-2H3,(H,20,24)/t9-/m0/s1. The Morgan fingerprint density at radius 3 is 2.72 bits per heavy atom. The van der Waals surface area contributed by atoms with Crippen LogP contribution in [0, 0.1) is 0 Å². The van der Waals surface area contributed by atoms with Crippen molar-refractivity contribution in [2.24, 2.45) is 7.05 Å². The van der Waals surface area contributed by atoms with Crippen molar-refractivity contribution < 1.29 is 18.0 Å². The highest BCUT2D eigenvalue weighted by Gasteiger charge is 2.31. The van der Waals surface area contributed by atoms with Crippen molar-refractivity contribution in [1.82, 2.24) is 14.8 Å². The summed E-state index contributed by atoms with van der Waals surface area (Å²) in [4.78, 5) is 12.3. The van der Waals surface area contributed by atoms with E-state index in [9.17, 15) is 18.0 Å². The van der Waals surface area contributed by atoms with Crippen LogP contribution >= 0.6 is 11.8 Å². The summed E-state index contributed by atoms with van der Waals surface area (Å²) in [5.74, 6) is 0.967. The lowest BCUT2D eigenvalue weighted by Gasteiger charge is -2.13. The molecule has 1 atom stereocenters. The molecule has 2 aromatic rings. The van der Waals surface area contributed by atoms with Gasteiger partial charge in [0, 0.05) is 18.7 Å². The quantitative estimate of drug-likeness (QED) is 0.813. The van der Waals surface area contributed by atoms with E-state index < -0.39 is 17.0 Å². The molecule has 0 aliphatic heterocycles. The van der Waals surface area contributed by atoms with E-state index in [4.69, 9.17) is 0 Å². The second kappa shape index (κ2) is 6.70. The molecular formula is C16H17F3N4OS. The van der Waals surface area contributed by atoms with E-state index in [1.807, 2.05) is 11.6 Å². The molecular weight excluding hydrogens is 353 g/mol. The van der Waals surface area contributed by atoms with Gasteiger partial charge in [0.2, 0.25) is 5.91 Å². The van der Waals surface area contributed by atoms with Crippen LogP contribution in [0.5, 0.6) is 0 Å². The molecule has 3 rings (SSSR count). The molecule has 1 saturated carbocycles. The van der Waals surface area contributed by atoms with Crippen LogP contribution in [0.4, 0.5) is 18.9 Å². The molecule has 0 radical (unpaired) electrons. The van der Waals surface area contributed by atoms with Crippen molar-refractivity contribution in [1.29, 1.82) is 0 Å². The molecule has 1 aliphatic carbocycles. The van der Waals surface area contributed by atoms with Gasteiger partial charge < -0.3 is 9.88 Å². The summed E-state index contributed by atoms with van der Waals surface area (Å²) >= 11 is 1.23. The first-order valence-corrected chi connectivity index (χ1v) is 8.67. The zero-order chi connectivity index (χ0) is 18.2. The number of hydrogen-bond acceptors (Lipinski definition) is 4. The average Bonchev–Trinajstić information content (AvgIpc) is 3.32. The lowest BCUT2D eigenvalue weighted by Crippen LogP contribution is -2.23. The van der Waals surface area contributed by atoms with Gasteiger partial charge >= 0.3 is 6.18 Å². The molecule has 0 bridgehead atoms. The lowest BCUT2D eigenvalue weighted by atomic mass is 10.2. The molecule has 1 fully saturated rings. The van der Waals surface area contributed by atoms with E-state index in [1.54, 1.807) is 6.92 Å². The number of aromatic nitrogens is 3. The predicted molar refractivity (Wildman–Crippen MR) is 88.4 cm³/mol. The molecule has 134 valence electrons. The van der Waals surface area contributed by atoms with Gasteiger partial charge in [-0.2, -0.15) is 13.2 Å². The summed E-state index contributed by atoms with van der Waals surface area (Å²) in [6.45, 7) is 1.68. The van der Waals surface area contributed by atoms with Gasteiger partial charge in [0.05, 0.1) is 10.8 Å². The zero-order valence-corrected chi connectivity index (χ0v) is 14.5. The molecule has 5 nitrogen and oxygen atoms in total. The van der Waals surface area contributed by atoms with Crippen molar-refractivity contribution in [3.8, 4) is 0 Å². The Kier molecular flexibility index (Phi) is 4.77. The van der Waals surface area contributed by atoms with E-state index in [-0.39, 0.29) is 11.6 Å². The predicted octanol–water partition coefficient (Wildman–Crippen LogP) is 3.83. The number of amides is 1. The second-order valence-electron chi connectivity index (χ2n) is 6.00. The Balaban J connectivity index is 1.65. The molecule has 1 aromatic heterocycles. The van der Waals surface area contributed by atoms with Gasteiger partial charge in [-0.1, -0.05) is 17.8 Å². The van der Waals surface area contributed by atoms with Crippen LogP contribution in [0.2, 0.25) is 0 Å². The maximum Gasteiger partial charge on any atom is 0.416 e. The molecule has 0 spiro atoms. The third kappa shape index (κ3) is 4.15. The highest BCUT2D eigenvalue weighted by molar-refractivity contribution is 8.00. The first-order valence-electron chi connectivity index (χ1n) is 7.80. The number of carbonyl (C=O) groups is 1. The van der Waals surface area contributed by atoms with E-state index in [2.05, 4.69) is 15.5 Å². The Morgan fingerprint density at radius 1 is 1.36 bits per heavy atom. The highest BCUT2D eigenvalue weighted by Crippen LogP contribution is 2.39. The van der Waals surface area contributed by atoms with Gasteiger partial charge in [0.1, 0.15) is 5.82 Å². The van der Waals surface area contributed by atoms with Gasteiger partial charge in [-0.25, -0.2) is 0 Å². The SMILES string of the molecule is C[C@H](Sc1nnc(C2CC2)n1C)C(=O)Nc1cccc(C(F)(F)F)c1. The monoisotopic (exact) mass is 370 g/mol. The minimum atomic E-state index is -4.45. The summed E-state index contributed by atoms with van der Waals surface area (Å²) in [7, 11) is 1.85. The Labute approximate surface area is 147 Å². The molecule has 1 aliphatic rings. The van der Waals surface area contributed by atoms with Crippen molar-refractivity contribution in [3.05, 3.63) is 35.7 Å². The van der Waals surface area contributed by atoms with Crippen molar-refractivity contribution in [2.45, 2.75) is 42.3 Å². The van der Waals surface area contributed by atoms with Gasteiger partial charge in [-0.15, -0.1) is 10.2 Å². The fourth-order valence-electron chi connectivity index (χ4n) is 2.35. The molecule has 0 unspecified atom stereocenters. The Bertz CT molecular complexity index is 786. The molecule has 25 heavy (non-hydrogen) atoms. The van der Waals surface area contributed by atoms with E-state index in [0.717, 1.165) is 30.8 Å². The molecule has 9 heteroatoms. The van der Waals surface area contributed by atoms with Crippen molar-refractivity contribution in [2.75, 3.05) is 5.32 Å². The normalized spacial score (nSPS) is 15.9. The van der Waals surface area contributed by atoms with Gasteiger partial charge in [0.25, 0.3) is 0 Å². The number of hydrogen-bond donors (Lipinski definition) is 1. The number of benzene rings is 1. The summed E-state index contributed by atoms with van der Waals surface area (Å²) < 4.78 is 40.1. The van der Waals surface area contributed by atoms with E-state index >= 15 is 0 Å². The minimum Gasteiger partial charge on any atom is -0.325 e. The summed E-state index contributed by atoms with van der Waals surface area (Å²) in [5.41, 5.74) is -0.683. The molecule has 1 aromatic carbocycles. The number of nitrogens with zero attached hydrogens (tertiary/aromatic N) is 3. The van der Waals surface area contributed by atoms with Gasteiger partial charge in [-0.05, 0) is 38.0 Å². The zero-order valence-electron chi connectivity index (χ0n) is 13.7. The van der Waals surface area contributed by atoms with Crippen molar-refractivity contribution in [3.63, 3.8) is 0 Å². The Hall–Kier alpha value is -2.03. The summed E-state index contributed by atoms with van der Waals surface area (Å²) in [6, 6.07) is 4.58. The van der Waals surface area contributed by atoms with Crippen LogP contribution in [-0.2, 0) is 18.0 Å². The average molecular weight is 370 g/mol. The van der Waals surface area contributed by atoms with Gasteiger partial charge in [-0.3, -0.25) is 4.79 Å². The number of alkyl halides is 3. The smallest absolute Gasteiger partial charge is 0.325 e. The third-order valence-electron chi connectivity index (χ3n) is 3.92. The van der Waals surface area contributed by atoms with E-state index in [0.29, 0.717) is 11.1 Å². The first kappa shape index (κ1) is 17.8. The number of anilines is 1. The number of carbonyl (C=O) groups excluding carboxylic acids is 1. The Morgan fingerprint density at radius 2 is 2.08 bits per heavy atom. The minimum absolute atomic E-state index is 0.115. The van der Waals surface area contributed by atoms with Crippen LogP contribution in [0.25, 0.3) is 0 Å². The fourth-order valence-corrected chi connectivity index (χ4v) is 3.18. The third-order valence-corrected chi connectivity index (χ3v) is 5.05. The number of halogens is 3. The molecule has 1 amide bonds. The van der Waals surface area contributed by atoms with E-state index in [1.165, 1.54) is 23.9 Å². The first-order chi connectivity index (χ1) is 11.8. The van der Waals surface area contributed by atoms with Gasteiger partial charge in [0.15, 0.2) is 5.16 Å². The molecule has 1 heterocycles. The number of rotatable bonds is 5. The highest BCUT2D eigenvalue weighted by atomic mass is 32.2. The fraction of sp³-hybridized carbons (Fsp3) is 0.438. The largest absolute Gasteiger partial charge is 0.416 e. The van der Waals surface area contributed by atoms with Crippen molar-refractivity contribution >= 4 is 23.4 Å². The van der Waals surface area contributed by atoms with Crippen LogP contribution in [-0.4, -0.2) is 25.9 Å². The molecule has 0 saturated heterocycles. The van der Waals surface area contributed by atoms with Crippen LogP contribution in [0.1, 0.15) is 37.1 Å². The number of thioether (sulfide) groups is 1. The topological polar surface area (TPSA) is 59.8 Å². The maximum atomic E-state index is 12.7.